The number of benzene rings is 1. The molecule has 0 radical (unpaired) electrons. The van der Waals surface area contributed by atoms with Crippen LogP contribution in [0.15, 0.2) is 55.0 Å². The van der Waals surface area contributed by atoms with E-state index >= 15 is 0 Å². The van der Waals surface area contributed by atoms with Crippen molar-refractivity contribution in [2.75, 3.05) is 6.54 Å². The third kappa shape index (κ3) is 3.06. The Morgan fingerprint density at radius 3 is 3.00 bits per heavy atom. The highest BCUT2D eigenvalue weighted by Crippen LogP contribution is 2.11. The first-order chi connectivity index (χ1) is 10.2. The van der Waals surface area contributed by atoms with Gasteiger partial charge in [-0.2, -0.15) is 0 Å². The number of nitrogens with one attached hydrogen (secondary N) is 1. The van der Waals surface area contributed by atoms with Crippen LogP contribution in [0.25, 0.3) is 5.65 Å². The average molecular weight is 300 g/mol. The number of fused-ring (bicyclic) bond motifs is 1. The summed E-state index contributed by atoms with van der Waals surface area (Å²) in [5, 5.41) is 3.62. The van der Waals surface area contributed by atoms with Gasteiger partial charge in [-0.25, -0.2) is 4.98 Å². The van der Waals surface area contributed by atoms with Crippen molar-refractivity contribution in [1.82, 2.24) is 14.7 Å². The van der Waals surface area contributed by atoms with E-state index in [1.54, 1.807) is 12.3 Å². The number of carbonyl (C=O) groups is 1. The normalized spacial score (nSPS) is 10.7. The van der Waals surface area contributed by atoms with E-state index < -0.39 is 0 Å². The van der Waals surface area contributed by atoms with Gasteiger partial charge < -0.3 is 9.72 Å². The zero-order valence-corrected chi connectivity index (χ0v) is 12.0. The van der Waals surface area contributed by atoms with Gasteiger partial charge in [0.1, 0.15) is 5.65 Å². The van der Waals surface area contributed by atoms with E-state index in [-0.39, 0.29) is 5.91 Å². The van der Waals surface area contributed by atoms with Gasteiger partial charge in [0.05, 0.1) is 5.56 Å². The zero-order chi connectivity index (χ0) is 14.7. The van der Waals surface area contributed by atoms with Crippen LogP contribution >= 0.6 is 11.6 Å². The van der Waals surface area contributed by atoms with Crippen LogP contribution < -0.4 is 5.32 Å². The van der Waals surface area contributed by atoms with Crippen LogP contribution in [-0.2, 0) is 6.42 Å². The van der Waals surface area contributed by atoms with Gasteiger partial charge in [-0.1, -0.05) is 23.7 Å². The molecule has 0 bridgehead atoms. The molecule has 0 unspecified atom stereocenters. The van der Waals surface area contributed by atoms with Crippen molar-refractivity contribution in [3.8, 4) is 0 Å². The number of hydrogen-bond acceptors (Lipinski definition) is 2. The average Bonchev–Trinajstić information content (AvgIpc) is 2.95. The van der Waals surface area contributed by atoms with Crippen molar-refractivity contribution in [3.63, 3.8) is 0 Å². The van der Waals surface area contributed by atoms with E-state index in [4.69, 9.17) is 11.6 Å². The number of nitrogens with zero attached hydrogens (tertiary/aromatic N) is 2. The topological polar surface area (TPSA) is 46.4 Å². The van der Waals surface area contributed by atoms with Crippen LogP contribution in [0.2, 0.25) is 5.02 Å². The van der Waals surface area contributed by atoms with Crippen LogP contribution in [0.4, 0.5) is 0 Å². The lowest BCUT2D eigenvalue weighted by Gasteiger charge is -2.06. The monoisotopic (exact) mass is 299 g/mol. The first kappa shape index (κ1) is 13.6. The maximum atomic E-state index is 12.2. The van der Waals surface area contributed by atoms with Gasteiger partial charge >= 0.3 is 0 Å². The quantitative estimate of drug-likeness (QED) is 0.805. The summed E-state index contributed by atoms with van der Waals surface area (Å²) in [6.45, 7) is 0.556. The largest absolute Gasteiger partial charge is 0.352 e. The fourth-order valence-corrected chi connectivity index (χ4v) is 2.45. The Balaban J connectivity index is 1.65. The number of carbonyl (C=O) groups excluding carboxylic acids is 1. The van der Waals surface area contributed by atoms with Crippen LogP contribution in [-0.4, -0.2) is 21.8 Å². The molecule has 3 aromatic rings. The van der Waals surface area contributed by atoms with Crippen molar-refractivity contribution in [2.24, 2.45) is 0 Å². The van der Waals surface area contributed by atoms with Gasteiger partial charge in [-0.3, -0.25) is 4.79 Å². The SMILES string of the molecule is O=C(NCCc1cccc(Cl)c1)c1cccn2ccnc12. The highest BCUT2D eigenvalue weighted by Gasteiger charge is 2.10. The maximum absolute atomic E-state index is 12.2. The number of hydrogen-bond donors (Lipinski definition) is 1. The molecule has 1 N–H and O–H groups in total. The van der Waals surface area contributed by atoms with Crippen LogP contribution in [0.1, 0.15) is 15.9 Å². The van der Waals surface area contributed by atoms with Gasteiger partial charge in [0.25, 0.3) is 5.91 Å². The number of halogens is 1. The molecule has 2 aromatic heterocycles. The van der Waals surface area contributed by atoms with Gasteiger partial charge in [0.2, 0.25) is 0 Å². The van der Waals surface area contributed by atoms with Crippen molar-refractivity contribution in [1.29, 1.82) is 0 Å². The molecule has 0 saturated heterocycles. The minimum atomic E-state index is -0.117. The third-order valence-corrected chi connectivity index (χ3v) is 3.49. The van der Waals surface area contributed by atoms with Crippen LogP contribution in [0, 0.1) is 0 Å². The lowest BCUT2D eigenvalue weighted by Crippen LogP contribution is -2.26. The molecule has 106 valence electrons. The van der Waals surface area contributed by atoms with E-state index in [1.165, 1.54) is 0 Å². The number of amides is 1. The summed E-state index contributed by atoms with van der Waals surface area (Å²) in [5.74, 6) is -0.117. The van der Waals surface area contributed by atoms with Crippen molar-refractivity contribution >= 4 is 23.2 Å². The summed E-state index contributed by atoms with van der Waals surface area (Å²) < 4.78 is 1.83. The Bertz CT molecular complexity index is 782. The summed E-state index contributed by atoms with van der Waals surface area (Å²) in [6.07, 6.45) is 6.10. The molecule has 0 spiro atoms. The summed E-state index contributed by atoms with van der Waals surface area (Å²) >= 11 is 5.94. The number of imidazole rings is 1. The number of pyridine rings is 1. The molecular weight excluding hydrogens is 286 g/mol. The minimum Gasteiger partial charge on any atom is -0.352 e. The molecule has 1 aromatic carbocycles. The third-order valence-electron chi connectivity index (χ3n) is 3.25. The smallest absolute Gasteiger partial charge is 0.255 e. The van der Waals surface area contributed by atoms with E-state index in [1.807, 2.05) is 47.1 Å². The number of aromatic nitrogens is 2. The molecule has 2 heterocycles. The zero-order valence-electron chi connectivity index (χ0n) is 11.3. The van der Waals surface area contributed by atoms with E-state index in [0.717, 1.165) is 12.0 Å². The highest BCUT2D eigenvalue weighted by atomic mass is 35.5. The minimum absolute atomic E-state index is 0.117. The summed E-state index contributed by atoms with van der Waals surface area (Å²) in [4.78, 5) is 16.4. The fourth-order valence-electron chi connectivity index (χ4n) is 2.23. The molecular formula is C16H14ClN3O. The Morgan fingerprint density at radius 2 is 2.14 bits per heavy atom. The van der Waals surface area contributed by atoms with Gasteiger partial charge in [0, 0.05) is 30.2 Å². The predicted molar refractivity (Wildman–Crippen MR) is 82.7 cm³/mol. The molecule has 4 nitrogen and oxygen atoms in total. The highest BCUT2D eigenvalue weighted by molar-refractivity contribution is 6.30. The summed E-state index contributed by atoms with van der Waals surface area (Å²) in [7, 11) is 0. The molecule has 0 aliphatic heterocycles. The predicted octanol–water partition coefficient (Wildman–Crippen LogP) is 2.96. The molecule has 1 amide bonds. The summed E-state index contributed by atoms with van der Waals surface area (Å²) in [5.41, 5.74) is 2.34. The molecule has 21 heavy (non-hydrogen) atoms. The van der Waals surface area contributed by atoms with Crippen molar-refractivity contribution < 1.29 is 4.79 Å². The Hall–Kier alpha value is -2.33. The maximum Gasteiger partial charge on any atom is 0.255 e. The van der Waals surface area contributed by atoms with Crippen LogP contribution in [0.5, 0.6) is 0 Å². The standard InChI is InChI=1S/C16H14ClN3O/c17-13-4-1-3-12(11-13)6-7-19-16(21)14-5-2-9-20-10-8-18-15(14)20/h1-5,8-11H,6-7H2,(H,19,21). The number of rotatable bonds is 4. The Kier molecular flexibility index (Phi) is 3.88. The molecule has 0 aliphatic rings. The van der Waals surface area contributed by atoms with Crippen molar-refractivity contribution in [2.45, 2.75) is 6.42 Å². The lowest BCUT2D eigenvalue weighted by atomic mass is 10.1. The molecule has 0 aliphatic carbocycles. The lowest BCUT2D eigenvalue weighted by molar-refractivity contribution is 0.0955. The van der Waals surface area contributed by atoms with Crippen LogP contribution in [0.3, 0.4) is 0 Å². The second kappa shape index (κ2) is 5.97. The molecule has 0 atom stereocenters. The second-order valence-corrected chi connectivity index (χ2v) is 5.15. The van der Waals surface area contributed by atoms with E-state index in [9.17, 15) is 4.79 Å². The molecule has 0 fully saturated rings. The first-order valence-electron chi connectivity index (χ1n) is 6.68. The molecule has 0 saturated carbocycles. The van der Waals surface area contributed by atoms with Gasteiger partial charge in [0.15, 0.2) is 0 Å². The van der Waals surface area contributed by atoms with E-state index in [0.29, 0.717) is 22.8 Å². The molecule has 5 heteroatoms. The van der Waals surface area contributed by atoms with E-state index in [2.05, 4.69) is 10.3 Å². The fraction of sp³-hybridized carbons (Fsp3) is 0.125. The second-order valence-electron chi connectivity index (χ2n) is 4.72. The van der Waals surface area contributed by atoms with Gasteiger partial charge in [-0.15, -0.1) is 0 Å². The Morgan fingerprint density at radius 1 is 1.24 bits per heavy atom. The van der Waals surface area contributed by atoms with Gasteiger partial charge in [-0.05, 0) is 36.2 Å². The van der Waals surface area contributed by atoms with Crippen molar-refractivity contribution in [3.05, 3.63) is 71.1 Å². The Labute approximate surface area is 127 Å². The molecule has 3 rings (SSSR count). The first-order valence-corrected chi connectivity index (χ1v) is 7.06. The summed E-state index contributed by atoms with van der Waals surface area (Å²) in [6, 6.07) is 11.3.